The molecule has 1 saturated heterocycles. The van der Waals surface area contributed by atoms with Gasteiger partial charge in [0, 0.05) is 5.69 Å². The Balaban J connectivity index is 1.62. The normalized spacial score (nSPS) is 18.3. The van der Waals surface area contributed by atoms with Gasteiger partial charge >= 0.3 is 0 Å². The molecule has 204 valence electrons. The van der Waals surface area contributed by atoms with Crippen LogP contribution in [0.25, 0.3) is 0 Å². The van der Waals surface area contributed by atoms with Crippen molar-refractivity contribution in [3.8, 4) is 11.8 Å². The maximum Gasteiger partial charge on any atom is 0.233 e. The van der Waals surface area contributed by atoms with E-state index in [0.29, 0.717) is 18.4 Å². The predicted molar refractivity (Wildman–Crippen MR) is 155 cm³/mol. The zero-order chi connectivity index (χ0) is 28.4. The number of hydrogen-bond acceptors (Lipinski definition) is 4. The number of rotatable bonds is 9. The molecule has 1 amide bonds. The molecule has 0 spiro atoms. The Kier molecular flexibility index (Phi) is 8.29. The highest BCUT2D eigenvalue weighted by Crippen LogP contribution is 2.48. The van der Waals surface area contributed by atoms with Crippen LogP contribution in [0.5, 0.6) is 5.75 Å². The molecule has 3 aromatic carbocycles. The monoisotopic (exact) mass is 544 g/mol. The minimum atomic E-state index is -2.14. The molecule has 3 unspecified atom stereocenters. The van der Waals surface area contributed by atoms with Crippen LogP contribution >= 0.6 is 0 Å². The fourth-order valence-corrected chi connectivity index (χ4v) is 6.15. The van der Waals surface area contributed by atoms with Gasteiger partial charge in [0.1, 0.15) is 11.6 Å². The molecule has 5 nitrogen and oxygen atoms in total. The van der Waals surface area contributed by atoms with Crippen molar-refractivity contribution in [1.82, 2.24) is 0 Å². The largest absolute Gasteiger partial charge is 0.497 e. The van der Waals surface area contributed by atoms with E-state index in [1.54, 1.807) is 31.4 Å². The fourth-order valence-electron chi connectivity index (χ4n) is 4.83. The smallest absolute Gasteiger partial charge is 0.233 e. The van der Waals surface area contributed by atoms with Gasteiger partial charge in [0.2, 0.25) is 5.91 Å². The quantitative estimate of drug-likeness (QED) is 0.203. The summed E-state index contributed by atoms with van der Waals surface area (Å²) in [5.41, 5.74) is 3.27. The van der Waals surface area contributed by atoms with Crippen LogP contribution in [0.2, 0.25) is 18.1 Å². The Morgan fingerprint density at radius 2 is 1.62 bits per heavy atom. The summed E-state index contributed by atoms with van der Waals surface area (Å²) in [6, 6.07) is 23.5. The second-order valence-corrected chi connectivity index (χ2v) is 16.4. The number of nitrogens with zero attached hydrogens (tertiary/aromatic N) is 2. The number of β-lactam (4-membered cyclic amide) rings is 1. The number of benzene rings is 3. The van der Waals surface area contributed by atoms with Crippen molar-refractivity contribution in [3.05, 3.63) is 95.3 Å². The van der Waals surface area contributed by atoms with Crippen molar-refractivity contribution in [2.24, 2.45) is 5.92 Å². The lowest BCUT2D eigenvalue weighted by molar-refractivity contribution is -0.131. The summed E-state index contributed by atoms with van der Waals surface area (Å²) in [6.07, 6.45) is 1.03. The first-order valence-corrected chi connectivity index (χ1v) is 16.3. The lowest BCUT2D eigenvalue weighted by Gasteiger charge is -2.48. The first-order valence-electron chi connectivity index (χ1n) is 13.4. The number of amides is 1. The molecule has 1 aliphatic rings. The van der Waals surface area contributed by atoms with E-state index < -0.39 is 8.32 Å². The second kappa shape index (κ2) is 11.3. The molecule has 0 bridgehead atoms. The highest BCUT2D eigenvalue weighted by molar-refractivity contribution is 6.74. The summed E-state index contributed by atoms with van der Waals surface area (Å²) in [7, 11) is -0.511. The summed E-state index contributed by atoms with van der Waals surface area (Å²) >= 11 is 0. The molecular weight excluding hydrogens is 507 g/mol. The molecule has 0 radical (unpaired) electrons. The topological polar surface area (TPSA) is 62.6 Å². The molecule has 0 aromatic heterocycles. The summed E-state index contributed by atoms with van der Waals surface area (Å²) < 4.78 is 25.9. The maximum absolute atomic E-state index is 13.7. The Labute approximate surface area is 232 Å². The summed E-state index contributed by atoms with van der Waals surface area (Å²) in [5, 5.41) is 9.21. The van der Waals surface area contributed by atoms with E-state index in [1.165, 1.54) is 12.1 Å². The fraction of sp³-hybridized carbons (Fsp3) is 0.375. The highest BCUT2D eigenvalue weighted by Gasteiger charge is 2.49. The average Bonchev–Trinajstić information content (AvgIpc) is 2.91. The van der Waals surface area contributed by atoms with Crippen LogP contribution in [0, 0.1) is 23.1 Å². The van der Waals surface area contributed by atoms with E-state index in [2.05, 4.69) is 39.9 Å². The van der Waals surface area contributed by atoms with Crippen molar-refractivity contribution in [2.75, 3.05) is 12.0 Å². The highest BCUT2D eigenvalue weighted by atomic mass is 28.4. The van der Waals surface area contributed by atoms with Gasteiger partial charge in [-0.1, -0.05) is 45.0 Å². The molecule has 1 heterocycles. The van der Waals surface area contributed by atoms with Crippen LogP contribution in [0.4, 0.5) is 10.1 Å². The van der Waals surface area contributed by atoms with Crippen LogP contribution in [-0.4, -0.2) is 21.3 Å². The van der Waals surface area contributed by atoms with Crippen molar-refractivity contribution < 1.29 is 18.3 Å². The number of carbonyl (C=O) groups excluding carboxylic acids is 1. The summed E-state index contributed by atoms with van der Waals surface area (Å²) in [6.45, 7) is 11.0. The molecule has 0 N–H and O–H groups in total. The molecular formula is C32H37FN2O3Si. The second-order valence-electron chi connectivity index (χ2n) is 11.7. The molecule has 7 heteroatoms. The van der Waals surface area contributed by atoms with Gasteiger partial charge in [0.25, 0.3) is 0 Å². The zero-order valence-electron chi connectivity index (χ0n) is 23.6. The number of hydrogen-bond donors (Lipinski definition) is 0. The first-order chi connectivity index (χ1) is 18.4. The van der Waals surface area contributed by atoms with Crippen molar-refractivity contribution in [2.45, 2.75) is 63.9 Å². The number of anilines is 1. The molecule has 1 fully saturated rings. The molecule has 1 aliphatic heterocycles. The van der Waals surface area contributed by atoms with Crippen LogP contribution in [0.1, 0.15) is 62.4 Å². The summed E-state index contributed by atoms with van der Waals surface area (Å²) in [5.74, 6) is 0.285. The predicted octanol–water partition coefficient (Wildman–Crippen LogP) is 7.95. The Bertz CT molecular complexity index is 1330. The van der Waals surface area contributed by atoms with Gasteiger partial charge in [-0.3, -0.25) is 4.79 Å². The minimum absolute atomic E-state index is 0.00951. The van der Waals surface area contributed by atoms with E-state index in [9.17, 15) is 14.4 Å². The first kappa shape index (κ1) is 28.5. The maximum atomic E-state index is 13.7. The van der Waals surface area contributed by atoms with Crippen molar-refractivity contribution in [3.63, 3.8) is 0 Å². The third kappa shape index (κ3) is 6.08. The van der Waals surface area contributed by atoms with E-state index >= 15 is 0 Å². The van der Waals surface area contributed by atoms with Crippen LogP contribution < -0.4 is 9.64 Å². The van der Waals surface area contributed by atoms with Crippen LogP contribution in [0.3, 0.4) is 0 Å². The van der Waals surface area contributed by atoms with E-state index in [4.69, 9.17) is 9.16 Å². The number of methoxy groups -OCH3 is 1. The lowest BCUT2D eigenvalue weighted by atomic mass is 9.78. The van der Waals surface area contributed by atoms with Crippen LogP contribution in [-0.2, 0) is 9.22 Å². The molecule has 3 atom stereocenters. The van der Waals surface area contributed by atoms with Gasteiger partial charge in [-0.2, -0.15) is 5.26 Å². The molecule has 4 rings (SSSR count). The molecule has 3 aromatic rings. The molecule has 39 heavy (non-hydrogen) atoms. The third-order valence-electron chi connectivity index (χ3n) is 8.17. The lowest BCUT2D eigenvalue weighted by Crippen LogP contribution is -2.55. The average molecular weight is 545 g/mol. The summed E-state index contributed by atoms with van der Waals surface area (Å²) in [4.78, 5) is 15.4. The number of nitriles is 1. The Morgan fingerprint density at radius 3 is 2.15 bits per heavy atom. The van der Waals surface area contributed by atoms with E-state index in [-0.39, 0.29) is 34.8 Å². The molecule has 0 aliphatic carbocycles. The third-order valence-corrected chi connectivity index (χ3v) is 12.7. The standard InChI is InChI=1S/C32H37FN2O3Si/c1-32(2,3)39(5,6)38-29(23-9-13-25(33)14-10-23)20-19-28-30(24-11-17-27(37-4)18-12-24)35(31(28)36)26-15-7-22(21-34)8-16-26/h7-18,28-30H,19-20H2,1-6H3. The number of ether oxygens (including phenoxy) is 1. The van der Waals surface area contributed by atoms with Crippen molar-refractivity contribution in [1.29, 1.82) is 5.26 Å². The van der Waals surface area contributed by atoms with Crippen molar-refractivity contribution >= 4 is 19.9 Å². The van der Waals surface area contributed by atoms with Gasteiger partial charge in [-0.05, 0) is 90.6 Å². The Morgan fingerprint density at radius 1 is 1.00 bits per heavy atom. The van der Waals surface area contributed by atoms with Gasteiger partial charge in [0.15, 0.2) is 8.32 Å². The minimum Gasteiger partial charge on any atom is -0.497 e. The SMILES string of the molecule is COc1ccc(C2C(CCC(O[Si](C)(C)C(C)(C)C)c3ccc(F)cc3)C(=O)N2c2ccc(C#N)cc2)cc1. The Hall–Kier alpha value is -3.47. The van der Waals surface area contributed by atoms with E-state index in [0.717, 1.165) is 22.6 Å². The van der Waals surface area contributed by atoms with Crippen LogP contribution in [0.15, 0.2) is 72.8 Å². The van der Waals surface area contributed by atoms with Gasteiger partial charge in [-0.15, -0.1) is 0 Å². The number of halogens is 1. The van der Waals surface area contributed by atoms with Gasteiger partial charge in [-0.25, -0.2) is 4.39 Å². The zero-order valence-corrected chi connectivity index (χ0v) is 24.6. The van der Waals surface area contributed by atoms with Gasteiger partial charge in [0.05, 0.1) is 36.8 Å². The van der Waals surface area contributed by atoms with Gasteiger partial charge < -0.3 is 14.1 Å². The number of carbonyl (C=O) groups is 1. The molecule has 0 saturated carbocycles. The van der Waals surface area contributed by atoms with E-state index in [1.807, 2.05) is 41.3 Å².